The molecule has 6 nitrogen and oxygen atoms in total. The molecule has 0 saturated heterocycles. The SMILES string of the molecule is CCc1nc2c([nH]1)CC(Sc1cccc3cnccc13)([N+](=O)[O-])C=C2. The summed E-state index contributed by atoms with van der Waals surface area (Å²) < 4.78 is 0. The van der Waals surface area contributed by atoms with E-state index in [0.29, 0.717) is 0 Å². The molecule has 126 valence electrons. The van der Waals surface area contributed by atoms with Crippen molar-refractivity contribution < 1.29 is 4.92 Å². The molecule has 1 N–H and O–H groups in total. The summed E-state index contributed by atoms with van der Waals surface area (Å²) in [5.74, 6) is 0.857. The Morgan fingerprint density at radius 1 is 1.40 bits per heavy atom. The summed E-state index contributed by atoms with van der Waals surface area (Å²) in [6.07, 6.45) is 7.97. The van der Waals surface area contributed by atoms with E-state index in [1.54, 1.807) is 24.5 Å². The number of fused-ring (bicyclic) bond motifs is 2. The van der Waals surface area contributed by atoms with Crippen molar-refractivity contribution in [2.75, 3.05) is 0 Å². The van der Waals surface area contributed by atoms with E-state index in [1.165, 1.54) is 11.8 Å². The number of aromatic amines is 1. The molecule has 4 rings (SSSR count). The average molecular weight is 352 g/mol. The first kappa shape index (κ1) is 15.8. The van der Waals surface area contributed by atoms with Gasteiger partial charge in [0.05, 0.1) is 17.8 Å². The molecule has 2 aromatic heterocycles. The monoisotopic (exact) mass is 352 g/mol. The van der Waals surface area contributed by atoms with Crippen LogP contribution in [0.2, 0.25) is 0 Å². The van der Waals surface area contributed by atoms with Gasteiger partial charge in [0, 0.05) is 40.1 Å². The van der Waals surface area contributed by atoms with E-state index >= 15 is 0 Å². The number of nitrogens with one attached hydrogen (secondary N) is 1. The van der Waals surface area contributed by atoms with Gasteiger partial charge in [0.2, 0.25) is 0 Å². The number of hydrogen-bond acceptors (Lipinski definition) is 5. The molecule has 0 amide bonds. The standard InChI is InChI=1S/C18H16N4O2S/c1-2-17-20-14-6-8-18(22(23)24,10-15(14)21-17)25-16-5-3-4-12-11-19-9-7-13(12)16/h3-9,11H,2,10H2,1H3,(H,20,21). The lowest BCUT2D eigenvalue weighted by Gasteiger charge is -2.24. The predicted molar refractivity (Wildman–Crippen MR) is 98.0 cm³/mol. The van der Waals surface area contributed by atoms with Crippen molar-refractivity contribution in [2.45, 2.75) is 29.5 Å². The second-order valence-corrected chi connectivity index (χ2v) is 7.32. The summed E-state index contributed by atoms with van der Waals surface area (Å²) in [7, 11) is 0. The third kappa shape index (κ3) is 2.70. The molecule has 0 bridgehead atoms. The van der Waals surface area contributed by atoms with Gasteiger partial charge in [-0.15, -0.1) is 0 Å². The molecule has 3 aromatic rings. The number of imidazole rings is 1. The first-order valence-electron chi connectivity index (χ1n) is 8.04. The number of aryl methyl sites for hydroxylation is 1. The van der Waals surface area contributed by atoms with Gasteiger partial charge >= 0.3 is 0 Å². The van der Waals surface area contributed by atoms with E-state index < -0.39 is 4.87 Å². The van der Waals surface area contributed by atoms with Crippen LogP contribution in [0.4, 0.5) is 0 Å². The topological polar surface area (TPSA) is 84.7 Å². The van der Waals surface area contributed by atoms with Gasteiger partial charge in [0.25, 0.3) is 4.87 Å². The maximum atomic E-state index is 12.0. The number of benzene rings is 1. The normalized spacial score (nSPS) is 19.1. The van der Waals surface area contributed by atoms with E-state index in [0.717, 1.165) is 39.3 Å². The fourth-order valence-electron chi connectivity index (χ4n) is 3.05. The molecule has 0 spiro atoms. The maximum Gasteiger partial charge on any atom is 0.295 e. The number of pyridine rings is 1. The summed E-state index contributed by atoms with van der Waals surface area (Å²) in [6.45, 7) is 2.01. The quantitative estimate of drug-likeness (QED) is 0.438. The molecule has 0 radical (unpaired) electrons. The number of nitrogens with zero attached hydrogens (tertiary/aromatic N) is 3. The second kappa shape index (κ2) is 6.00. The Hall–Kier alpha value is -2.67. The van der Waals surface area contributed by atoms with Gasteiger partial charge in [0.15, 0.2) is 0 Å². The number of H-pyrrole nitrogens is 1. The number of thioether (sulfide) groups is 1. The van der Waals surface area contributed by atoms with E-state index in [4.69, 9.17) is 0 Å². The Kier molecular flexibility index (Phi) is 3.80. The highest BCUT2D eigenvalue weighted by Crippen LogP contribution is 2.43. The van der Waals surface area contributed by atoms with Gasteiger partial charge in [-0.3, -0.25) is 15.1 Å². The van der Waals surface area contributed by atoms with Crippen LogP contribution in [0.25, 0.3) is 16.8 Å². The molecule has 1 aromatic carbocycles. The van der Waals surface area contributed by atoms with Crippen LogP contribution < -0.4 is 0 Å². The van der Waals surface area contributed by atoms with Crippen LogP contribution in [-0.2, 0) is 12.8 Å². The highest BCUT2D eigenvalue weighted by molar-refractivity contribution is 8.00. The van der Waals surface area contributed by atoms with E-state index in [2.05, 4.69) is 15.0 Å². The summed E-state index contributed by atoms with van der Waals surface area (Å²) in [6, 6.07) is 7.69. The van der Waals surface area contributed by atoms with E-state index in [1.807, 2.05) is 31.2 Å². The van der Waals surface area contributed by atoms with Crippen molar-refractivity contribution in [3.63, 3.8) is 0 Å². The highest BCUT2D eigenvalue weighted by atomic mass is 32.2. The van der Waals surface area contributed by atoms with Crippen molar-refractivity contribution in [1.29, 1.82) is 0 Å². The van der Waals surface area contributed by atoms with Gasteiger partial charge in [-0.2, -0.15) is 0 Å². The van der Waals surface area contributed by atoms with Gasteiger partial charge in [-0.1, -0.05) is 19.1 Å². The Balaban J connectivity index is 1.76. The van der Waals surface area contributed by atoms with Crippen LogP contribution in [0.5, 0.6) is 0 Å². The minimum Gasteiger partial charge on any atom is -0.345 e. The second-order valence-electron chi connectivity index (χ2n) is 5.97. The Bertz CT molecular complexity index is 992. The molecular formula is C18H16N4O2S. The maximum absolute atomic E-state index is 12.0. The molecule has 1 aliphatic carbocycles. The third-order valence-corrected chi connectivity index (χ3v) is 5.72. The zero-order valence-corrected chi connectivity index (χ0v) is 14.4. The third-order valence-electron chi connectivity index (χ3n) is 4.36. The Labute approximate surface area is 148 Å². The van der Waals surface area contributed by atoms with Crippen molar-refractivity contribution in [3.05, 3.63) is 70.1 Å². The predicted octanol–water partition coefficient (Wildman–Crippen LogP) is 3.85. The van der Waals surface area contributed by atoms with Crippen molar-refractivity contribution in [2.24, 2.45) is 0 Å². The molecule has 7 heteroatoms. The number of rotatable bonds is 4. The summed E-state index contributed by atoms with van der Waals surface area (Å²) in [4.78, 5) is 23.2. The zero-order chi connectivity index (χ0) is 17.4. The summed E-state index contributed by atoms with van der Waals surface area (Å²) in [5, 5.41) is 13.9. The van der Waals surface area contributed by atoms with Crippen molar-refractivity contribution in [1.82, 2.24) is 15.0 Å². The molecular weight excluding hydrogens is 336 g/mol. The largest absolute Gasteiger partial charge is 0.345 e. The van der Waals surface area contributed by atoms with E-state index in [-0.39, 0.29) is 11.3 Å². The zero-order valence-electron chi connectivity index (χ0n) is 13.6. The Morgan fingerprint density at radius 3 is 3.08 bits per heavy atom. The number of hydrogen-bond donors (Lipinski definition) is 1. The first-order valence-corrected chi connectivity index (χ1v) is 8.86. The molecule has 1 unspecified atom stereocenters. The Morgan fingerprint density at radius 2 is 2.28 bits per heavy atom. The first-order chi connectivity index (χ1) is 12.1. The molecule has 0 fully saturated rings. The minimum absolute atomic E-state index is 0.205. The molecule has 25 heavy (non-hydrogen) atoms. The molecule has 1 atom stereocenters. The van der Waals surface area contributed by atoms with Crippen molar-refractivity contribution >= 4 is 28.6 Å². The molecule has 1 aliphatic rings. The van der Waals surface area contributed by atoms with Gasteiger partial charge in [0.1, 0.15) is 5.82 Å². The van der Waals surface area contributed by atoms with E-state index in [9.17, 15) is 10.1 Å². The van der Waals surface area contributed by atoms with Crippen LogP contribution in [0, 0.1) is 10.1 Å². The van der Waals surface area contributed by atoms with Crippen molar-refractivity contribution in [3.8, 4) is 0 Å². The van der Waals surface area contributed by atoms with Gasteiger partial charge in [-0.05, 0) is 35.4 Å². The summed E-state index contributed by atoms with van der Waals surface area (Å²) in [5.41, 5.74) is 1.63. The van der Waals surface area contributed by atoms with Crippen LogP contribution in [-0.4, -0.2) is 24.7 Å². The molecule has 2 heterocycles. The van der Waals surface area contributed by atoms with Crippen LogP contribution in [0.1, 0.15) is 24.1 Å². The fraction of sp³-hybridized carbons (Fsp3) is 0.222. The lowest BCUT2D eigenvalue weighted by molar-refractivity contribution is -0.524. The number of nitro groups is 1. The van der Waals surface area contributed by atoms with Gasteiger partial charge in [-0.25, -0.2) is 4.98 Å². The van der Waals surface area contributed by atoms with Gasteiger partial charge < -0.3 is 4.98 Å². The van der Waals surface area contributed by atoms with Crippen LogP contribution >= 0.6 is 11.8 Å². The number of aromatic nitrogens is 3. The smallest absolute Gasteiger partial charge is 0.295 e. The van der Waals surface area contributed by atoms with Crippen LogP contribution in [0.3, 0.4) is 0 Å². The fourth-order valence-corrected chi connectivity index (χ4v) is 4.30. The molecule has 0 aliphatic heterocycles. The van der Waals surface area contributed by atoms with Crippen LogP contribution in [0.15, 0.2) is 47.6 Å². The lowest BCUT2D eigenvalue weighted by Crippen LogP contribution is -2.36. The lowest BCUT2D eigenvalue weighted by atomic mass is 10.0. The summed E-state index contributed by atoms with van der Waals surface area (Å²) >= 11 is 1.27. The average Bonchev–Trinajstić information content (AvgIpc) is 3.04. The minimum atomic E-state index is -1.25. The molecule has 0 saturated carbocycles. The highest BCUT2D eigenvalue weighted by Gasteiger charge is 2.45.